The molecule has 0 spiro atoms. The van der Waals surface area contributed by atoms with Crippen molar-refractivity contribution in [2.45, 2.75) is 38.3 Å². The Morgan fingerprint density at radius 2 is 1.76 bits per heavy atom. The third-order valence-corrected chi connectivity index (χ3v) is 4.68. The Labute approximate surface area is 112 Å². The molecule has 1 nitrogen and oxygen atoms in total. The van der Waals surface area contributed by atoms with Gasteiger partial charge in [0.15, 0.2) is 0 Å². The Kier molecular flexibility index (Phi) is 3.34. The second-order valence-electron chi connectivity index (χ2n) is 5.29. The van der Waals surface area contributed by atoms with Gasteiger partial charge in [0.25, 0.3) is 0 Å². The first-order chi connectivity index (χ1) is 8.25. The number of hydrogen-bond donors (Lipinski definition) is 1. The minimum Gasteiger partial charge on any atom is -0.309 e. The second kappa shape index (κ2) is 4.79. The van der Waals surface area contributed by atoms with Crippen LogP contribution in [-0.2, 0) is 6.54 Å². The lowest BCUT2D eigenvalue weighted by atomic mass is 10.1. The Balaban J connectivity index is 1.64. The number of rotatable bonds is 5. The second-order valence-corrected chi connectivity index (χ2v) is 6.08. The van der Waals surface area contributed by atoms with Gasteiger partial charge in [-0.15, -0.1) is 0 Å². The van der Waals surface area contributed by atoms with E-state index in [4.69, 9.17) is 23.2 Å². The maximum absolute atomic E-state index is 6.20. The maximum Gasteiger partial charge on any atom is 0.0637 e. The molecule has 3 heteroatoms. The molecule has 2 aliphatic rings. The maximum atomic E-state index is 6.20. The quantitative estimate of drug-likeness (QED) is 0.842. The molecule has 0 aliphatic heterocycles. The molecule has 0 bridgehead atoms. The topological polar surface area (TPSA) is 12.0 Å². The minimum atomic E-state index is 0.653. The summed E-state index contributed by atoms with van der Waals surface area (Å²) in [6.07, 6.45) is 5.60. The molecule has 2 saturated carbocycles. The van der Waals surface area contributed by atoms with Crippen molar-refractivity contribution < 1.29 is 0 Å². The zero-order valence-corrected chi connectivity index (χ0v) is 11.3. The van der Waals surface area contributed by atoms with Crippen molar-refractivity contribution in [2.24, 2.45) is 11.8 Å². The Morgan fingerprint density at radius 3 is 2.35 bits per heavy atom. The number of hydrogen-bond acceptors (Lipinski definition) is 1. The largest absolute Gasteiger partial charge is 0.309 e. The SMILES string of the molecule is Clc1cccc(CNC(C2CC2)C2CC2)c1Cl. The summed E-state index contributed by atoms with van der Waals surface area (Å²) in [5, 5.41) is 5.04. The minimum absolute atomic E-state index is 0.653. The summed E-state index contributed by atoms with van der Waals surface area (Å²) < 4.78 is 0. The van der Waals surface area contributed by atoms with Gasteiger partial charge >= 0.3 is 0 Å². The molecule has 1 aromatic rings. The van der Waals surface area contributed by atoms with Crippen LogP contribution in [0.4, 0.5) is 0 Å². The summed E-state index contributed by atoms with van der Waals surface area (Å²) in [6.45, 7) is 0.844. The fraction of sp³-hybridized carbons (Fsp3) is 0.571. The molecule has 0 radical (unpaired) electrons. The Morgan fingerprint density at radius 1 is 1.12 bits per heavy atom. The molecule has 3 rings (SSSR count). The van der Waals surface area contributed by atoms with Crippen molar-refractivity contribution >= 4 is 23.2 Å². The number of benzene rings is 1. The molecular weight excluding hydrogens is 253 g/mol. The predicted molar refractivity (Wildman–Crippen MR) is 72.5 cm³/mol. The van der Waals surface area contributed by atoms with Crippen LogP contribution in [0.15, 0.2) is 18.2 Å². The molecule has 0 aromatic heterocycles. The molecule has 0 atom stereocenters. The zero-order valence-electron chi connectivity index (χ0n) is 9.76. The van der Waals surface area contributed by atoms with Gasteiger partial charge in [0, 0.05) is 12.6 Å². The summed E-state index contributed by atoms with van der Waals surface area (Å²) >= 11 is 12.2. The smallest absolute Gasteiger partial charge is 0.0637 e. The van der Waals surface area contributed by atoms with E-state index in [0.29, 0.717) is 16.1 Å². The van der Waals surface area contributed by atoms with E-state index < -0.39 is 0 Å². The van der Waals surface area contributed by atoms with Crippen LogP contribution in [0.25, 0.3) is 0 Å². The predicted octanol–water partition coefficient (Wildman–Crippen LogP) is 4.27. The summed E-state index contributed by atoms with van der Waals surface area (Å²) in [5.41, 5.74) is 1.12. The molecule has 1 aromatic carbocycles. The lowest BCUT2D eigenvalue weighted by Gasteiger charge is -2.18. The van der Waals surface area contributed by atoms with E-state index in [1.165, 1.54) is 25.7 Å². The molecular formula is C14H17Cl2N. The fourth-order valence-corrected chi connectivity index (χ4v) is 2.93. The summed E-state index contributed by atoms with van der Waals surface area (Å²) in [7, 11) is 0. The average Bonchev–Trinajstić information content (AvgIpc) is 3.14. The van der Waals surface area contributed by atoms with E-state index in [2.05, 4.69) is 11.4 Å². The lowest BCUT2D eigenvalue weighted by molar-refractivity contribution is 0.416. The van der Waals surface area contributed by atoms with Crippen LogP contribution >= 0.6 is 23.2 Å². The normalized spacial score (nSPS) is 19.9. The van der Waals surface area contributed by atoms with Crippen LogP contribution < -0.4 is 5.32 Å². The Bertz CT molecular complexity index is 399. The van der Waals surface area contributed by atoms with Crippen molar-refractivity contribution in [3.8, 4) is 0 Å². The van der Waals surface area contributed by atoms with E-state index in [-0.39, 0.29) is 0 Å². The van der Waals surface area contributed by atoms with Crippen molar-refractivity contribution in [3.63, 3.8) is 0 Å². The van der Waals surface area contributed by atoms with Gasteiger partial charge in [-0.3, -0.25) is 0 Å². The third-order valence-electron chi connectivity index (χ3n) is 3.82. The van der Waals surface area contributed by atoms with Crippen LogP contribution in [0.3, 0.4) is 0 Å². The van der Waals surface area contributed by atoms with Crippen molar-refractivity contribution in [2.75, 3.05) is 0 Å². The average molecular weight is 270 g/mol. The third kappa shape index (κ3) is 2.78. The van der Waals surface area contributed by atoms with Gasteiger partial charge in [0.1, 0.15) is 0 Å². The molecule has 0 unspecified atom stereocenters. The van der Waals surface area contributed by atoms with Gasteiger partial charge in [-0.1, -0.05) is 35.3 Å². The zero-order chi connectivity index (χ0) is 11.8. The highest BCUT2D eigenvalue weighted by atomic mass is 35.5. The molecule has 0 saturated heterocycles. The van der Waals surface area contributed by atoms with Gasteiger partial charge in [-0.25, -0.2) is 0 Å². The van der Waals surface area contributed by atoms with Crippen molar-refractivity contribution in [1.29, 1.82) is 0 Å². The van der Waals surface area contributed by atoms with Crippen LogP contribution in [0.1, 0.15) is 31.2 Å². The Hall–Kier alpha value is -0.240. The summed E-state index contributed by atoms with van der Waals surface area (Å²) in [4.78, 5) is 0. The van der Waals surface area contributed by atoms with Gasteiger partial charge in [-0.2, -0.15) is 0 Å². The molecule has 1 N–H and O–H groups in total. The van der Waals surface area contributed by atoms with Crippen LogP contribution in [0, 0.1) is 11.8 Å². The highest BCUT2D eigenvalue weighted by Gasteiger charge is 2.40. The summed E-state index contributed by atoms with van der Waals surface area (Å²) in [5.74, 6) is 1.83. The van der Waals surface area contributed by atoms with Crippen molar-refractivity contribution in [3.05, 3.63) is 33.8 Å². The molecule has 17 heavy (non-hydrogen) atoms. The molecule has 0 heterocycles. The van der Waals surface area contributed by atoms with Crippen LogP contribution in [0.5, 0.6) is 0 Å². The number of nitrogens with one attached hydrogen (secondary N) is 1. The van der Waals surface area contributed by atoms with E-state index >= 15 is 0 Å². The lowest BCUT2D eigenvalue weighted by Crippen LogP contribution is -2.32. The van der Waals surface area contributed by atoms with Crippen LogP contribution in [-0.4, -0.2) is 6.04 Å². The fourth-order valence-electron chi connectivity index (χ4n) is 2.54. The first-order valence-corrected chi connectivity index (χ1v) is 7.17. The van der Waals surface area contributed by atoms with Gasteiger partial charge < -0.3 is 5.32 Å². The van der Waals surface area contributed by atoms with Gasteiger partial charge in [0.05, 0.1) is 10.0 Å². The molecule has 92 valence electrons. The first-order valence-electron chi connectivity index (χ1n) is 6.42. The van der Waals surface area contributed by atoms with E-state index in [1.807, 2.05) is 12.1 Å². The summed E-state index contributed by atoms with van der Waals surface area (Å²) in [6, 6.07) is 6.57. The monoisotopic (exact) mass is 269 g/mol. The van der Waals surface area contributed by atoms with E-state index in [9.17, 15) is 0 Å². The van der Waals surface area contributed by atoms with Gasteiger partial charge in [0.2, 0.25) is 0 Å². The highest BCUT2D eigenvalue weighted by Crippen LogP contribution is 2.44. The molecule has 2 aliphatic carbocycles. The van der Waals surface area contributed by atoms with Crippen LogP contribution in [0.2, 0.25) is 10.0 Å². The molecule has 2 fully saturated rings. The first kappa shape index (κ1) is 11.8. The highest BCUT2D eigenvalue weighted by molar-refractivity contribution is 6.42. The molecule has 0 amide bonds. The van der Waals surface area contributed by atoms with E-state index in [1.54, 1.807) is 0 Å². The van der Waals surface area contributed by atoms with E-state index in [0.717, 1.165) is 23.9 Å². The van der Waals surface area contributed by atoms with Crippen molar-refractivity contribution in [1.82, 2.24) is 5.32 Å². The standard InChI is InChI=1S/C14H17Cl2N/c15-12-3-1-2-11(13(12)16)8-17-14(9-4-5-9)10-6-7-10/h1-3,9-10,14,17H,4-8H2. The van der Waals surface area contributed by atoms with Gasteiger partial charge in [-0.05, 0) is 49.1 Å². The number of halogens is 2.